The summed E-state index contributed by atoms with van der Waals surface area (Å²) in [5.41, 5.74) is 1.71. The summed E-state index contributed by atoms with van der Waals surface area (Å²) in [4.78, 5) is 40.7. The highest BCUT2D eigenvalue weighted by molar-refractivity contribution is 6.19. The molecule has 0 aliphatic carbocycles. The van der Waals surface area contributed by atoms with Crippen molar-refractivity contribution in [3.63, 3.8) is 0 Å². The van der Waals surface area contributed by atoms with Crippen molar-refractivity contribution in [1.82, 2.24) is 19.9 Å². The molecule has 25 heavy (non-hydrogen) atoms. The molecule has 1 aliphatic rings. The number of nitrogens with zero attached hydrogens (tertiary/aromatic N) is 3. The van der Waals surface area contributed by atoms with E-state index in [1.54, 1.807) is 44.6 Å². The van der Waals surface area contributed by atoms with Crippen molar-refractivity contribution < 1.29 is 14.3 Å². The summed E-state index contributed by atoms with van der Waals surface area (Å²) in [6.45, 7) is 3.48. The van der Waals surface area contributed by atoms with Crippen molar-refractivity contribution in [3.05, 3.63) is 36.3 Å². The van der Waals surface area contributed by atoms with Crippen molar-refractivity contribution >= 4 is 28.6 Å². The largest absolute Gasteiger partial charge is 0.465 e. The second-order valence-corrected chi connectivity index (χ2v) is 5.89. The molecular weight excluding hydrogens is 322 g/mol. The maximum Gasteiger partial charge on any atom is 0.326 e. The number of amides is 1. The van der Waals surface area contributed by atoms with Crippen LogP contribution >= 0.6 is 0 Å². The smallest absolute Gasteiger partial charge is 0.326 e. The van der Waals surface area contributed by atoms with Gasteiger partial charge in [-0.05, 0) is 26.0 Å². The molecule has 8 heteroatoms. The molecule has 1 unspecified atom stereocenters. The predicted molar refractivity (Wildman–Crippen MR) is 89.7 cm³/mol. The maximum absolute atomic E-state index is 12.4. The minimum absolute atomic E-state index is 0.207. The Kier molecular flexibility index (Phi) is 3.28. The lowest BCUT2D eigenvalue weighted by atomic mass is 9.83. The molecule has 2 N–H and O–H groups in total. The molecule has 0 radical (unpaired) electrons. The predicted octanol–water partition coefficient (Wildman–Crippen LogP) is 1.79. The summed E-state index contributed by atoms with van der Waals surface area (Å²) in [6.07, 6.45) is 4.78. The second-order valence-electron chi connectivity index (χ2n) is 5.89. The topological polar surface area (TPSA) is 110 Å². The first-order valence-electron chi connectivity index (χ1n) is 7.83. The number of imidazole rings is 1. The quantitative estimate of drug-likeness (QED) is 0.557. The Morgan fingerprint density at radius 1 is 1.32 bits per heavy atom. The van der Waals surface area contributed by atoms with Gasteiger partial charge in [-0.15, -0.1) is 0 Å². The summed E-state index contributed by atoms with van der Waals surface area (Å²) in [7, 11) is 0. The maximum atomic E-state index is 12.4. The molecule has 3 aromatic rings. The van der Waals surface area contributed by atoms with Crippen LogP contribution < -0.4 is 5.32 Å². The number of hydrogen-bond acceptors (Lipinski definition) is 6. The third kappa shape index (κ3) is 2.18. The van der Waals surface area contributed by atoms with Gasteiger partial charge in [-0.2, -0.15) is 0 Å². The van der Waals surface area contributed by atoms with E-state index in [0.29, 0.717) is 28.3 Å². The molecule has 0 bridgehead atoms. The number of esters is 1. The molecule has 2 aromatic heterocycles. The van der Waals surface area contributed by atoms with E-state index in [1.807, 2.05) is 0 Å². The van der Waals surface area contributed by atoms with Crippen LogP contribution in [0.1, 0.15) is 19.4 Å². The van der Waals surface area contributed by atoms with Gasteiger partial charge < -0.3 is 15.0 Å². The number of anilines is 1. The molecule has 1 aromatic carbocycles. The SMILES string of the molecule is CCOC(=O)C1(C)C(=O)Nc2cc3[nH]c(-c4cnccn4)nc3cc21. The molecule has 8 nitrogen and oxygen atoms in total. The van der Waals surface area contributed by atoms with Crippen molar-refractivity contribution in [2.75, 3.05) is 11.9 Å². The van der Waals surface area contributed by atoms with Crippen LogP contribution in [0.25, 0.3) is 22.6 Å². The number of ether oxygens (including phenoxy) is 1. The number of benzene rings is 1. The van der Waals surface area contributed by atoms with E-state index in [4.69, 9.17) is 4.74 Å². The Morgan fingerprint density at radius 3 is 2.88 bits per heavy atom. The molecule has 1 amide bonds. The second kappa shape index (κ2) is 5.37. The summed E-state index contributed by atoms with van der Waals surface area (Å²) >= 11 is 0. The van der Waals surface area contributed by atoms with Gasteiger partial charge >= 0.3 is 5.97 Å². The molecule has 3 heterocycles. The zero-order valence-corrected chi connectivity index (χ0v) is 13.7. The number of hydrogen-bond donors (Lipinski definition) is 2. The van der Waals surface area contributed by atoms with Crippen LogP contribution in [0.15, 0.2) is 30.7 Å². The van der Waals surface area contributed by atoms with Crippen LogP contribution in [-0.4, -0.2) is 38.4 Å². The zero-order chi connectivity index (χ0) is 17.6. The van der Waals surface area contributed by atoms with Crippen molar-refractivity contribution in [3.8, 4) is 11.5 Å². The van der Waals surface area contributed by atoms with E-state index < -0.39 is 17.3 Å². The normalized spacial score (nSPS) is 18.9. The lowest BCUT2D eigenvalue weighted by molar-refractivity contribution is -0.152. The third-order valence-electron chi connectivity index (χ3n) is 4.35. The van der Waals surface area contributed by atoms with Crippen LogP contribution in [0.2, 0.25) is 0 Å². The van der Waals surface area contributed by atoms with E-state index in [1.165, 1.54) is 0 Å². The third-order valence-corrected chi connectivity index (χ3v) is 4.35. The van der Waals surface area contributed by atoms with Gasteiger partial charge in [0.05, 0.1) is 23.8 Å². The molecule has 1 atom stereocenters. The van der Waals surface area contributed by atoms with Gasteiger partial charge in [0.1, 0.15) is 5.69 Å². The number of fused-ring (bicyclic) bond motifs is 2. The summed E-state index contributed by atoms with van der Waals surface area (Å²) in [5.74, 6) is -0.408. The van der Waals surface area contributed by atoms with Gasteiger partial charge in [0.15, 0.2) is 11.2 Å². The number of nitrogens with one attached hydrogen (secondary N) is 2. The number of carbonyl (C=O) groups is 2. The van der Waals surface area contributed by atoms with Crippen LogP contribution in [0.5, 0.6) is 0 Å². The molecule has 0 spiro atoms. The average Bonchev–Trinajstić information content (AvgIpc) is 3.14. The summed E-state index contributed by atoms with van der Waals surface area (Å²) in [5, 5.41) is 2.75. The highest BCUT2D eigenvalue weighted by Gasteiger charge is 2.50. The Balaban J connectivity index is 1.85. The average molecular weight is 337 g/mol. The van der Waals surface area contributed by atoms with E-state index in [9.17, 15) is 9.59 Å². The first kappa shape index (κ1) is 15.3. The molecule has 126 valence electrons. The van der Waals surface area contributed by atoms with Crippen LogP contribution in [0.3, 0.4) is 0 Å². The van der Waals surface area contributed by atoms with Gasteiger partial charge in [-0.1, -0.05) is 0 Å². The zero-order valence-electron chi connectivity index (χ0n) is 13.7. The molecule has 4 rings (SSSR count). The van der Waals surface area contributed by atoms with E-state index in [0.717, 1.165) is 5.52 Å². The minimum Gasteiger partial charge on any atom is -0.465 e. The van der Waals surface area contributed by atoms with Crippen molar-refractivity contribution in [1.29, 1.82) is 0 Å². The van der Waals surface area contributed by atoms with Crippen LogP contribution in [0, 0.1) is 0 Å². The highest BCUT2D eigenvalue weighted by atomic mass is 16.5. The fraction of sp³-hybridized carbons (Fsp3) is 0.235. The van der Waals surface area contributed by atoms with Crippen molar-refractivity contribution in [2.24, 2.45) is 0 Å². The number of H-pyrrole nitrogens is 1. The monoisotopic (exact) mass is 337 g/mol. The highest BCUT2D eigenvalue weighted by Crippen LogP contribution is 2.40. The number of carbonyl (C=O) groups excluding carboxylic acids is 2. The van der Waals surface area contributed by atoms with Gasteiger partial charge in [0.25, 0.3) is 0 Å². The first-order valence-corrected chi connectivity index (χ1v) is 7.83. The summed E-state index contributed by atoms with van der Waals surface area (Å²) in [6, 6.07) is 3.50. The molecule has 0 fully saturated rings. The number of aromatic nitrogens is 4. The first-order chi connectivity index (χ1) is 12.0. The van der Waals surface area contributed by atoms with Gasteiger partial charge in [0, 0.05) is 23.6 Å². The van der Waals surface area contributed by atoms with Gasteiger partial charge in [-0.25, -0.2) is 9.97 Å². The molecule has 0 saturated heterocycles. The Hall–Kier alpha value is -3.29. The van der Waals surface area contributed by atoms with E-state index >= 15 is 0 Å². The van der Waals surface area contributed by atoms with E-state index in [2.05, 4.69) is 25.3 Å². The Bertz CT molecular complexity index is 998. The van der Waals surface area contributed by atoms with Crippen LogP contribution in [0.4, 0.5) is 5.69 Å². The Morgan fingerprint density at radius 2 is 2.16 bits per heavy atom. The Labute approximate surface area is 142 Å². The molecule has 1 aliphatic heterocycles. The van der Waals surface area contributed by atoms with E-state index in [-0.39, 0.29) is 6.61 Å². The number of aromatic amines is 1. The molecule has 0 saturated carbocycles. The lowest BCUT2D eigenvalue weighted by Gasteiger charge is -2.19. The van der Waals surface area contributed by atoms with Gasteiger partial charge in [0.2, 0.25) is 5.91 Å². The fourth-order valence-corrected chi connectivity index (χ4v) is 2.96. The molecular formula is C17H15N5O3. The van der Waals surface area contributed by atoms with Gasteiger partial charge in [-0.3, -0.25) is 14.6 Å². The van der Waals surface area contributed by atoms with Crippen LogP contribution in [-0.2, 0) is 19.7 Å². The standard InChI is InChI=1S/C17H15N5O3/c1-3-25-16(24)17(2)9-6-11-12(7-10(9)22-15(17)23)21-14(20-11)13-8-18-4-5-19-13/h4-8H,3H2,1-2H3,(H,20,21)(H,22,23). The minimum atomic E-state index is -1.38. The van der Waals surface area contributed by atoms with Crippen molar-refractivity contribution in [2.45, 2.75) is 19.3 Å². The fourth-order valence-electron chi connectivity index (χ4n) is 2.96. The number of rotatable bonds is 3. The lowest BCUT2D eigenvalue weighted by Crippen LogP contribution is -2.40. The summed E-state index contributed by atoms with van der Waals surface area (Å²) < 4.78 is 5.10.